The van der Waals surface area contributed by atoms with Crippen LogP contribution in [0.3, 0.4) is 0 Å². The van der Waals surface area contributed by atoms with Gasteiger partial charge in [0.1, 0.15) is 6.26 Å². The van der Waals surface area contributed by atoms with Gasteiger partial charge in [-0.15, -0.1) is 6.58 Å². The van der Waals surface area contributed by atoms with Crippen molar-refractivity contribution in [3.8, 4) is 0 Å². The minimum absolute atomic E-state index is 0.0193. The minimum atomic E-state index is -0.0193. The van der Waals surface area contributed by atoms with E-state index in [1.807, 2.05) is 37.4 Å². The van der Waals surface area contributed by atoms with E-state index in [1.165, 1.54) is 0 Å². The van der Waals surface area contributed by atoms with Crippen molar-refractivity contribution >= 4 is 11.4 Å². The molecule has 1 atom stereocenters. The summed E-state index contributed by atoms with van der Waals surface area (Å²) in [5, 5.41) is 1.78. The van der Waals surface area contributed by atoms with Crippen molar-refractivity contribution in [2.75, 3.05) is 33.3 Å². The van der Waals surface area contributed by atoms with Crippen LogP contribution < -0.4 is 0 Å². The molecule has 1 aromatic carbocycles. The van der Waals surface area contributed by atoms with Crippen molar-refractivity contribution in [1.29, 1.82) is 0 Å². The number of ketones is 1. The molecule has 0 bridgehead atoms. The first-order valence-corrected chi connectivity index (χ1v) is 8.55. The Bertz CT molecular complexity index is 756. The van der Waals surface area contributed by atoms with Gasteiger partial charge >= 0.3 is 0 Å². The average Bonchev–Trinajstić information content (AvgIpc) is 3.21. The van der Waals surface area contributed by atoms with Gasteiger partial charge in [-0.1, -0.05) is 42.5 Å². The number of aromatic nitrogens is 1. The fraction of sp³-hybridized carbons (Fsp3) is 0.300. The lowest BCUT2D eigenvalue weighted by Gasteiger charge is -2.34. The molecule has 0 saturated heterocycles. The summed E-state index contributed by atoms with van der Waals surface area (Å²) >= 11 is 0. The Morgan fingerprint density at radius 3 is 2.96 bits per heavy atom. The number of hydrogen-bond donors (Lipinski definition) is 0. The standard InChI is InChI=1S/C20H23N3O3/c1-3-10-26-22(2)18-12-17(20-21-9-11-25-20)13-23(14-18)15-19(24)16-7-5-4-6-8-16/h3-9,11-12,18H,1,10,13-15H2,2H3. The molecule has 2 heterocycles. The maximum Gasteiger partial charge on any atom is 0.222 e. The van der Waals surface area contributed by atoms with Crippen LogP contribution in [0.15, 0.2) is 65.9 Å². The number of benzene rings is 1. The average molecular weight is 353 g/mol. The first-order chi connectivity index (χ1) is 12.7. The molecule has 26 heavy (non-hydrogen) atoms. The molecule has 2 aromatic rings. The van der Waals surface area contributed by atoms with E-state index in [0.29, 0.717) is 37.7 Å². The number of rotatable bonds is 8. The van der Waals surface area contributed by atoms with Gasteiger partial charge in [0.2, 0.25) is 5.89 Å². The van der Waals surface area contributed by atoms with Crippen LogP contribution in [0.1, 0.15) is 16.2 Å². The van der Waals surface area contributed by atoms with E-state index in [1.54, 1.807) is 23.6 Å². The van der Waals surface area contributed by atoms with Crippen LogP contribution in [0.4, 0.5) is 0 Å². The largest absolute Gasteiger partial charge is 0.445 e. The molecule has 0 spiro atoms. The summed E-state index contributed by atoms with van der Waals surface area (Å²) in [5.41, 5.74) is 1.66. The number of likely N-dealkylation sites (N-methyl/N-ethyl adjacent to an activating group) is 1. The molecule has 1 aliphatic rings. The van der Waals surface area contributed by atoms with E-state index in [4.69, 9.17) is 9.25 Å². The second-order valence-corrected chi connectivity index (χ2v) is 6.19. The maximum absolute atomic E-state index is 12.6. The Morgan fingerprint density at radius 1 is 1.46 bits per heavy atom. The highest BCUT2D eigenvalue weighted by Crippen LogP contribution is 2.22. The maximum atomic E-state index is 12.6. The highest BCUT2D eigenvalue weighted by Gasteiger charge is 2.27. The van der Waals surface area contributed by atoms with Gasteiger partial charge in [-0.2, -0.15) is 5.06 Å². The molecule has 0 amide bonds. The second kappa shape index (κ2) is 8.71. The van der Waals surface area contributed by atoms with Crippen LogP contribution >= 0.6 is 0 Å². The van der Waals surface area contributed by atoms with E-state index in [9.17, 15) is 4.79 Å². The molecule has 3 rings (SSSR count). The Kier molecular flexibility index (Phi) is 6.12. The fourth-order valence-corrected chi connectivity index (χ4v) is 2.95. The lowest BCUT2D eigenvalue weighted by Crippen LogP contribution is -2.46. The molecule has 0 fully saturated rings. The van der Waals surface area contributed by atoms with Gasteiger partial charge in [-0.05, 0) is 0 Å². The quantitative estimate of drug-likeness (QED) is 0.413. The summed E-state index contributed by atoms with van der Waals surface area (Å²) in [6.07, 6.45) is 6.96. The smallest absolute Gasteiger partial charge is 0.222 e. The first kappa shape index (κ1) is 18.3. The summed E-state index contributed by atoms with van der Waals surface area (Å²) < 4.78 is 5.45. The van der Waals surface area contributed by atoms with Gasteiger partial charge in [-0.25, -0.2) is 4.98 Å². The molecule has 6 heteroatoms. The van der Waals surface area contributed by atoms with Gasteiger partial charge in [0.15, 0.2) is 5.78 Å². The molecular weight excluding hydrogens is 330 g/mol. The fourth-order valence-electron chi connectivity index (χ4n) is 2.95. The Morgan fingerprint density at radius 2 is 2.27 bits per heavy atom. The third-order valence-corrected chi connectivity index (χ3v) is 4.27. The third-order valence-electron chi connectivity index (χ3n) is 4.27. The number of nitrogens with zero attached hydrogens (tertiary/aromatic N) is 3. The van der Waals surface area contributed by atoms with Crippen LogP contribution in [-0.4, -0.2) is 60.1 Å². The number of carbonyl (C=O) groups is 1. The van der Waals surface area contributed by atoms with E-state index >= 15 is 0 Å². The molecule has 0 radical (unpaired) electrons. The molecule has 1 unspecified atom stereocenters. The SMILES string of the molecule is C=CCON(C)C1C=C(c2ncco2)CN(CC(=O)c2ccccc2)C1. The predicted molar refractivity (Wildman–Crippen MR) is 99.4 cm³/mol. The van der Waals surface area contributed by atoms with Gasteiger partial charge < -0.3 is 4.42 Å². The number of hydrogen-bond acceptors (Lipinski definition) is 6. The monoisotopic (exact) mass is 353 g/mol. The van der Waals surface area contributed by atoms with Gasteiger partial charge in [0.25, 0.3) is 0 Å². The predicted octanol–water partition coefficient (Wildman–Crippen LogP) is 2.67. The topological polar surface area (TPSA) is 58.8 Å². The molecule has 0 saturated carbocycles. The highest BCUT2D eigenvalue weighted by molar-refractivity contribution is 5.97. The molecular formula is C20H23N3O3. The van der Waals surface area contributed by atoms with E-state index < -0.39 is 0 Å². The molecule has 136 valence electrons. The van der Waals surface area contributed by atoms with E-state index in [0.717, 1.165) is 5.57 Å². The second-order valence-electron chi connectivity index (χ2n) is 6.19. The summed E-state index contributed by atoms with van der Waals surface area (Å²) in [5.74, 6) is 0.664. The molecule has 0 aliphatic carbocycles. The van der Waals surface area contributed by atoms with Crippen molar-refractivity contribution in [2.45, 2.75) is 6.04 Å². The van der Waals surface area contributed by atoms with Crippen LogP contribution in [0.25, 0.3) is 5.57 Å². The number of hydroxylamine groups is 2. The molecule has 1 aliphatic heterocycles. The van der Waals surface area contributed by atoms with Crippen LogP contribution in [0, 0.1) is 0 Å². The van der Waals surface area contributed by atoms with Gasteiger partial charge in [0.05, 0.1) is 25.4 Å². The summed E-state index contributed by atoms with van der Waals surface area (Å²) in [6, 6.07) is 9.32. The van der Waals surface area contributed by atoms with Crippen molar-refractivity contribution in [3.05, 3.63) is 73.0 Å². The minimum Gasteiger partial charge on any atom is -0.445 e. The van der Waals surface area contributed by atoms with Gasteiger partial charge in [-0.3, -0.25) is 14.5 Å². The number of oxazole rings is 1. The van der Waals surface area contributed by atoms with Crippen LogP contribution in [0.2, 0.25) is 0 Å². The van der Waals surface area contributed by atoms with Crippen LogP contribution in [0.5, 0.6) is 0 Å². The van der Waals surface area contributed by atoms with Crippen molar-refractivity contribution in [3.63, 3.8) is 0 Å². The molecule has 1 aromatic heterocycles. The Hall–Kier alpha value is -2.54. The van der Waals surface area contributed by atoms with Crippen molar-refractivity contribution in [2.24, 2.45) is 0 Å². The molecule has 0 N–H and O–H groups in total. The zero-order valence-electron chi connectivity index (χ0n) is 14.9. The number of carbonyl (C=O) groups excluding carboxylic acids is 1. The van der Waals surface area contributed by atoms with Crippen LogP contribution in [-0.2, 0) is 4.84 Å². The van der Waals surface area contributed by atoms with E-state index in [-0.39, 0.29) is 11.8 Å². The Balaban J connectivity index is 1.75. The van der Waals surface area contributed by atoms with E-state index in [2.05, 4.69) is 22.5 Å². The third kappa shape index (κ3) is 4.54. The first-order valence-electron chi connectivity index (χ1n) is 8.55. The number of Topliss-reactive ketones (excluding diaryl/α,β-unsaturated/α-hetero) is 1. The zero-order chi connectivity index (χ0) is 18.4. The summed E-state index contributed by atoms with van der Waals surface area (Å²) in [6.45, 7) is 5.71. The zero-order valence-corrected chi connectivity index (χ0v) is 14.9. The van der Waals surface area contributed by atoms with Crippen molar-refractivity contribution < 1.29 is 14.0 Å². The lowest BCUT2D eigenvalue weighted by molar-refractivity contribution is -0.150. The normalized spacial score (nSPS) is 17.9. The van der Waals surface area contributed by atoms with Crippen molar-refractivity contribution in [1.82, 2.24) is 14.9 Å². The highest BCUT2D eigenvalue weighted by atomic mass is 16.7. The summed E-state index contributed by atoms with van der Waals surface area (Å²) in [7, 11) is 1.88. The Labute approximate surface area is 153 Å². The summed E-state index contributed by atoms with van der Waals surface area (Å²) in [4.78, 5) is 24.6. The van der Waals surface area contributed by atoms with Gasteiger partial charge in [0, 0.05) is 31.3 Å². The molecule has 6 nitrogen and oxygen atoms in total. The lowest BCUT2D eigenvalue weighted by atomic mass is 10.0.